The summed E-state index contributed by atoms with van der Waals surface area (Å²) in [5, 5.41) is 0. The molecular weight excluding hydrogens is 540 g/mol. The average Bonchev–Trinajstić information content (AvgIpc) is 3.04. The van der Waals surface area contributed by atoms with Crippen LogP contribution in [0.15, 0.2) is 97.1 Å². The average molecular weight is 601 g/mol. The summed E-state index contributed by atoms with van der Waals surface area (Å²) in [5.74, 6) is 3.84. The summed E-state index contributed by atoms with van der Waals surface area (Å²) in [6, 6.07) is 35.6. The maximum absolute atomic E-state index is 2.39. The first-order chi connectivity index (χ1) is 21.7. The second kappa shape index (κ2) is 18.1. The van der Waals surface area contributed by atoms with Crippen LogP contribution in [-0.2, 0) is 19.3 Å². The number of rotatable bonds is 6. The van der Waals surface area contributed by atoms with Crippen molar-refractivity contribution in [2.75, 3.05) is 0 Å². The summed E-state index contributed by atoms with van der Waals surface area (Å²) in [6.07, 6.45) is 15.1. The van der Waals surface area contributed by atoms with Gasteiger partial charge in [-0.15, -0.1) is 0 Å². The van der Waals surface area contributed by atoms with E-state index < -0.39 is 0 Å². The van der Waals surface area contributed by atoms with Crippen molar-refractivity contribution in [3.05, 3.63) is 142 Å². The fraction of sp³-hybridized carbons (Fsp3) is 0.467. The smallest absolute Gasteiger partial charge is 0.00258 e. The molecular formula is C45H60. The Labute approximate surface area is 276 Å². The predicted molar refractivity (Wildman–Crippen MR) is 197 cm³/mol. The van der Waals surface area contributed by atoms with E-state index in [1.54, 1.807) is 0 Å². The molecule has 6 rings (SSSR count). The molecule has 0 bridgehead atoms. The third kappa shape index (κ3) is 13.0. The lowest BCUT2D eigenvalue weighted by molar-refractivity contribution is 0.289. The van der Waals surface area contributed by atoms with Gasteiger partial charge in [0.05, 0.1) is 0 Å². The van der Waals surface area contributed by atoms with Crippen LogP contribution in [0.4, 0.5) is 0 Å². The zero-order valence-electron chi connectivity index (χ0n) is 29.3. The third-order valence-electron chi connectivity index (χ3n) is 10.2. The Morgan fingerprint density at radius 3 is 0.867 bits per heavy atom. The van der Waals surface area contributed by atoms with Gasteiger partial charge in [-0.2, -0.15) is 0 Å². The Morgan fingerprint density at radius 1 is 0.356 bits per heavy atom. The maximum Gasteiger partial charge on any atom is -0.00258 e. The molecule has 2 aliphatic rings. The van der Waals surface area contributed by atoms with E-state index in [1.807, 2.05) is 0 Å². The molecule has 0 aromatic heterocycles. The van der Waals surface area contributed by atoms with Gasteiger partial charge in [-0.1, -0.05) is 159 Å². The van der Waals surface area contributed by atoms with Gasteiger partial charge in [0, 0.05) is 0 Å². The van der Waals surface area contributed by atoms with Crippen LogP contribution in [0.1, 0.15) is 110 Å². The predicted octanol–water partition coefficient (Wildman–Crippen LogP) is 12.6. The SMILES string of the molecule is Cc1ccc(CC2CCC(C)CC2)cc1.Cc1ccc(CC2CCC(C)CC2)cc1.Cc1ccc(Cc2ccc(C)cc2)cc1. The molecule has 0 aliphatic heterocycles. The molecule has 0 heterocycles. The fourth-order valence-corrected chi connectivity index (χ4v) is 6.83. The molecule has 0 radical (unpaired) electrons. The lowest BCUT2D eigenvalue weighted by Gasteiger charge is -2.26. The molecule has 0 N–H and O–H groups in total. The number of hydrogen-bond donors (Lipinski definition) is 0. The molecule has 2 aliphatic carbocycles. The molecule has 0 amide bonds. The van der Waals surface area contributed by atoms with Crippen molar-refractivity contribution < 1.29 is 0 Å². The highest BCUT2D eigenvalue weighted by Crippen LogP contribution is 2.31. The van der Waals surface area contributed by atoms with Crippen molar-refractivity contribution in [2.24, 2.45) is 23.7 Å². The monoisotopic (exact) mass is 600 g/mol. The summed E-state index contributed by atoms with van der Waals surface area (Å²) >= 11 is 0. The van der Waals surface area contributed by atoms with Crippen LogP contribution < -0.4 is 0 Å². The standard InChI is InChI=1S/2C15H22.C15H16/c3*1-12-3-7-14(8-4-12)11-15-9-5-13(2)6-10-15/h2*3-4,7-8,13,15H,5-6,9-11H2,1-2H3;3-10H,11H2,1-2H3. The molecule has 2 saturated carbocycles. The third-order valence-corrected chi connectivity index (χ3v) is 10.2. The van der Waals surface area contributed by atoms with E-state index in [2.05, 4.69) is 139 Å². The summed E-state index contributed by atoms with van der Waals surface area (Å²) in [4.78, 5) is 0. The van der Waals surface area contributed by atoms with Gasteiger partial charge in [-0.05, 0) is 119 Å². The topological polar surface area (TPSA) is 0 Å². The molecule has 0 saturated heterocycles. The molecule has 4 aromatic carbocycles. The van der Waals surface area contributed by atoms with Gasteiger partial charge in [0.15, 0.2) is 0 Å². The van der Waals surface area contributed by atoms with E-state index in [9.17, 15) is 0 Å². The van der Waals surface area contributed by atoms with Crippen molar-refractivity contribution in [3.63, 3.8) is 0 Å². The molecule has 0 nitrogen and oxygen atoms in total. The van der Waals surface area contributed by atoms with E-state index in [4.69, 9.17) is 0 Å². The van der Waals surface area contributed by atoms with Crippen LogP contribution in [-0.4, -0.2) is 0 Å². The quantitative estimate of drug-likeness (QED) is 0.206. The van der Waals surface area contributed by atoms with Crippen LogP contribution in [0.2, 0.25) is 0 Å². The van der Waals surface area contributed by atoms with Gasteiger partial charge in [-0.25, -0.2) is 0 Å². The van der Waals surface area contributed by atoms with Gasteiger partial charge >= 0.3 is 0 Å². The molecule has 0 atom stereocenters. The Hall–Kier alpha value is -3.12. The van der Waals surface area contributed by atoms with E-state index >= 15 is 0 Å². The van der Waals surface area contributed by atoms with E-state index in [0.717, 1.165) is 30.1 Å². The zero-order chi connectivity index (χ0) is 32.0. The number of aryl methyl sites for hydroxylation is 4. The van der Waals surface area contributed by atoms with Gasteiger partial charge in [0.1, 0.15) is 0 Å². The first-order valence-electron chi connectivity index (χ1n) is 17.9. The summed E-state index contributed by atoms with van der Waals surface area (Å²) in [7, 11) is 0. The molecule has 240 valence electrons. The minimum Gasteiger partial charge on any atom is -0.0625 e. The van der Waals surface area contributed by atoms with Crippen molar-refractivity contribution in [3.8, 4) is 0 Å². The van der Waals surface area contributed by atoms with Gasteiger partial charge in [0.2, 0.25) is 0 Å². The molecule has 0 heteroatoms. The maximum atomic E-state index is 2.39. The molecule has 2 fully saturated rings. The summed E-state index contributed by atoms with van der Waals surface area (Å²) in [5.41, 5.74) is 11.2. The molecule has 0 spiro atoms. The lowest BCUT2D eigenvalue weighted by Crippen LogP contribution is -2.14. The largest absolute Gasteiger partial charge is 0.0625 e. The Bertz CT molecular complexity index is 1230. The van der Waals surface area contributed by atoms with Crippen molar-refractivity contribution in [2.45, 2.75) is 112 Å². The summed E-state index contributed by atoms with van der Waals surface area (Å²) < 4.78 is 0. The first-order valence-corrected chi connectivity index (χ1v) is 17.9. The van der Waals surface area contributed by atoms with Crippen LogP contribution in [0, 0.1) is 51.4 Å². The highest BCUT2D eigenvalue weighted by Gasteiger charge is 2.19. The minimum absolute atomic E-state index is 0.948. The van der Waals surface area contributed by atoms with Crippen LogP contribution in [0.3, 0.4) is 0 Å². The second-order valence-corrected chi connectivity index (χ2v) is 14.8. The van der Waals surface area contributed by atoms with E-state index in [1.165, 1.54) is 109 Å². The van der Waals surface area contributed by atoms with Crippen LogP contribution in [0.25, 0.3) is 0 Å². The van der Waals surface area contributed by atoms with Crippen LogP contribution in [0.5, 0.6) is 0 Å². The molecule has 45 heavy (non-hydrogen) atoms. The lowest BCUT2D eigenvalue weighted by atomic mass is 9.80. The van der Waals surface area contributed by atoms with Gasteiger partial charge in [0.25, 0.3) is 0 Å². The highest BCUT2D eigenvalue weighted by atomic mass is 14.2. The van der Waals surface area contributed by atoms with Gasteiger partial charge in [-0.3, -0.25) is 0 Å². The van der Waals surface area contributed by atoms with Crippen molar-refractivity contribution >= 4 is 0 Å². The number of benzene rings is 4. The Balaban J connectivity index is 0.000000154. The molecule has 4 aromatic rings. The Morgan fingerprint density at radius 2 is 0.600 bits per heavy atom. The van der Waals surface area contributed by atoms with E-state index in [-0.39, 0.29) is 0 Å². The number of hydrogen-bond acceptors (Lipinski definition) is 0. The second-order valence-electron chi connectivity index (χ2n) is 14.8. The zero-order valence-corrected chi connectivity index (χ0v) is 29.3. The first kappa shape index (κ1) is 34.7. The summed E-state index contributed by atoms with van der Waals surface area (Å²) in [6.45, 7) is 13.3. The van der Waals surface area contributed by atoms with Crippen LogP contribution >= 0.6 is 0 Å². The molecule has 0 unspecified atom stereocenters. The highest BCUT2D eigenvalue weighted by molar-refractivity contribution is 5.30. The normalized spacial score (nSPS) is 21.1. The van der Waals surface area contributed by atoms with Crippen molar-refractivity contribution in [1.29, 1.82) is 0 Å². The Kier molecular flexibility index (Phi) is 14.0. The minimum atomic E-state index is 0.948. The van der Waals surface area contributed by atoms with Gasteiger partial charge < -0.3 is 0 Å². The van der Waals surface area contributed by atoms with Crippen molar-refractivity contribution in [1.82, 2.24) is 0 Å². The fourth-order valence-electron chi connectivity index (χ4n) is 6.83. The van der Waals surface area contributed by atoms with E-state index in [0.29, 0.717) is 0 Å².